The van der Waals surface area contributed by atoms with Gasteiger partial charge in [-0.2, -0.15) is 0 Å². The smallest absolute Gasteiger partial charge is 0.243 e. The maximum Gasteiger partial charge on any atom is 0.243 e. The van der Waals surface area contributed by atoms with E-state index in [-0.39, 0.29) is 65.9 Å². The molecule has 302 valence electrons. The second kappa shape index (κ2) is 21.6. The van der Waals surface area contributed by atoms with Crippen molar-refractivity contribution in [2.75, 3.05) is 34.9 Å². The number of nitrogens with zero attached hydrogens (tertiary/aromatic N) is 3. The molecule has 3 N–H and O–H groups in total. The van der Waals surface area contributed by atoms with Gasteiger partial charge in [-0.25, -0.2) is 4.98 Å². The normalized spacial score (nSPS) is 19.1. The molecule has 2 heterocycles. The Hall–Kier alpha value is -3.39. The molecule has 0 bridgehead atoms. The van der Waals surface area contributed by atoms with E-state index in [1.807, 2.05) is 108 Å². The fraction of sp³-hybridized carbons (Fsp3) is 0.683. The molecule has 1 aliphatic heterocycles. The first-order chi connectivity index (χ1) is 25.6. The van der Waals surface area contributed by atoms with Gasteiger partial charge >= 0.3 is 0 Å². The minimum atomic E-state index is -0.764. The van der Waals surface area contributed by atoms with Gasteiger partial charge < -0.3 is 30.3 Å². The number of nitrogens with one attached hydrogen (secondary N) is 3. The number of benzene rings is 1. The van der Waals surface area contributed by atoms with Crippen LogP contribution in [0.1, 0.15) is 90.8 Å². The molecule has 9 atom stereocenters. The summed E-state index contributed by atoms with van der Waals surface area (Å²) < 4.78 is 12.0. The fourth-order valence-electron chi connectivity index (χ4n) is 7.71. The van der Waals surface area contributed by atoms with Crippen molar-refractivity contribution in [3.63, 3.8) is 0 Å². The zero-order valence-corrected chi connectivity index (χ0v) is 35.2. The Balaban J connectivity index is 1.75. The lowest BCUT2D eigenvalue weighted by molar-refractivity contribution is -0.143. The van der Waals surface area contributed by atoms with Crippen LogP contribution in [0.3, 0.4) is 0 Å². The number of carbonyl (C=O) groups excluding carboxylic acids is 4. The molecule has 3 rings (SSSR count). The lowest BCUT2D eigenvalue weighted by atomic mass is 9.90. The summed E-state index contributed by atoms with van der Waals surface area (Å²) in [5.41, 5.74) is 1.09. The Morgan fingerprint density at radius 1 is 0.926 bits per heavy atom. The summed E-state index contributed by atoms with van der Waals surface area (Å²) in [6, 6.07) is 7.76. The number of methoxy groups -OCH3 is 2. The van der Waals surface area contributed by atoms with E-state index in [4.69, 9.17) is 9.47 Å². The lowest BCUT2D eigenvalue weighted by Gasteiger charge is -2.37. The number of ether oxygens (including phenoxy) is 2. The first-order valence-corrected chi connectivity index (χ1v) is 20.4. The summed E-state index contributed by atoms with van der Waals surface area (Å²) in [4.78, 5) is 63.5. The number of carbonyl (C=O) groups is 4. The van der Waals surface area contributed by atoms with E-state index < -0.39 is 30.2 Å². The summed E-state index contributed by atoms with van der Waals surface area (Å²) >= 11 is 1.50. The summed E-state index contributed by atoms with van der Waals surface area (Å²) in [6.07, 6.45) is 3.45. The third-order valence-corrected chi connectivity index (χ3v) is 11.8. The van der Waals surface area contributed by atoms with E-state index in [0.717, 1.165) is 23.4 Å². The lowest BCUT2D eigenvalue weighted by Crippen LogP contribution is -2.59. The van der Waals surface area contributed by atoms with Gasteiger partial charge in [-0.3, -0.25) is 24.1 Å². The minimum Gasteiger partial charge on any atom is -0.379 e. The van der Waals surface area contributed by atoms with Crippen LogP contribution in [-0.2, 0) is 35.1 Å². The number of likely N-dealkylation sites (N-methyl/N-ethyl adjacent to an activating group) is 1. The molecule has 2 aromatic rings. The van der Waals surface area contributed by atoms with Gasteiger partial charge in [0, 0.05) is 32.3 Å². The Morgan fingerprint density at radius 2 is 1.61 bits per heavy atom. The predicted octanol–water partition coefficient (Wildman–Crippen LogP) is 4.85. The molecule has 1 aliphatic rings. The van der Waals surface area contributed by atoms with Gasteiger partial charge in [-0.05, 0) is 56.7 Å². The van der Waals surface area contributed by atoms with Crippen LogP contribution >= 0.6 is 11.3 Å². The second-order valence-electron chi connectivity index (χ2n) is 15.7. The molecule has 1 aromatic carbocycles. The van der Waals surface area contributed by atoms with E-state index in [0.29, 0.717) is 19.4 Å². The Labute approximate surface area is 327 Å². The highest BCUT2D eigenvalue weighted by atomic mass is 32.1. The van der Waals surface area contributed by atoms with Crippen LogP contribution in [0.25, 0.3) is 0 Å². The van der Waals surface area contributed by atoms with E-state index in [9.17, 15) is 19.2 Å². The average molecular weight is 771 g/mol. The largest absolute Gasteiger partial charge is 0.379 e. The van der Waals surface area contributed by atoms with Crippen LogP contribution in [0.2, 0.25) is 0 Å². The van der Waals surface area contributed by atoms with Gasteiger partial charge in [-0.1, -0.05) is 85.2 Å². The van der Waals surface area contributed by atoms with E-state index in [1.54, 1.807) is 20.4 Å². The summed E-state index contributed by atoms with van der Waals surface area (Å²) in [6.45, 7) is 14.2. The second-order valence-corrected chi connectivity index (χ2v) is 16.6. The van der Waals surface area contributed by atoms with Crippen molar-refractivity contribution >= 4 is 35.0 Å². The van der Waals surface area contributed by atoms with Gasteiger partial charge in [-0.15, -0.1) is 11.3 Å². The highest BCUT2D eigenvalue weighted by Crippen LogP contribution is 2.29. The number of aromatic nitrogens is 1. The molecule has 1 fully saturated rings. The van der Waals surface area contributed by atoms with Crippen molar-refractivity contribution in [1.29, 1.82) is 0 Å². The van der Waals surface area contributed by atoms with Gasteiger partial charge in [0.15, 0.2) is 0 Å². The predicted molar refractivity (Wildman–Crippen MR) is 214 cm³/mol. The maximum atomic E-state index is 14.2. The molecule has 1 aromatic heterocycles. The average Bonchev–Trinajstić information content (AvgIpc) is 3.85. The molecule has 0 saturated carbocycles. The molecular weight excluding hydrogens is 705 g/mol. The third kappa shape index (κ3) is 12.1. The van der Waals surface area contributed by atoms with Crippen LogP contribution in [0, 0.1) is 23.7 Å². The molecule has 4 amide bonds. The molecule has 1 saturated heterocycles. The van der Waals surface area contributed by atoms with Crippen molar-refractivity contribution in [2.24, 2.45) is 23.7 Å². The standard InChI is InChI=1S/C41H66N6O6S/c1-12-27(6)35(45-39(50)34(25(2)3)44-40(51)36(26(4)5)46(8)9)32(52-10)24-33(48)47-21-16-19-31(47)37(53-11)28(7)38(49)43-30(41-42-20-22-54-41)23-29-17-14-13-15-18-29/h13-15,17-18,20,22,25-28,30-32,34-37H,12,16,19,21,23-24H2,1-11H3,(H,43,49)(H,44,51)(H,45,50)/t27-,28-,30-,31-,32+,34?,35-,36-,37+/m0/s1. The summed E-state index contributed by atoms with van der Waals surface area (Å²) in [5.74, 6) is -1.48. The number of thiazole rings is 1. The monoisotopic (exact) mass is 770 g/mol. The van der Waals surface area contributed by atoms with Gasteiger partial charge in [0.2, 0.25) is 23.6 Å². The number of likely N-dealkylation sites (tertiary alicyclic amines) is 1. The SMILES string of the molecule is CC[C@H](C)[C@H](NC(=O)C(NC(=O)[C@H](C(C)C)N(C)C)C(C)C)[C@@H](CC(=O)N1CCC[C@H]1[C@H](OC)[C@H](C)C(=O)N[C@@H](Cc1ccccc1)c1nccs1)OC. The number of hydrogen-bond acceptors (Lipinski definition) is 9. The molecular formula is C41H66N6O6S. The minimum absolute atomic E-state index is 0.0214. The summed E-state index contributed by atoms with van der Waals surface area (Å²) in [5, 5.41) is 12.1. The van der Waals surface area contributed by atoms with Crippen LogP contribution in [0.4, 0.5) is 0 Å². The highest BCUT2D eigenvalue weighted by molar-refractivity contribution is 7.09. The molecule has 12 nitrogen and oxygen atoms in total. The quantitative estimate of drug-likeness (QED) is 0.164. The molecule has 0 aliphatic carbocycles. The molecule has 13 heteroatoms. The Morgan fingerprint density at radius 3 is 2.15 bits per heavy atom. The van der Waals surface area contributed by atoms with Gasteiger partial charge in [0.05, 0.1) is 48.7 Å². The molecule has 0 radical (unpaired) electrons. The highest BCUT2D eigenvalue weighted by Gasteiger charge is 2.42. The van der Waals surface area contributed by atoms with Crippen LogP contribution in [0.5, 0.6) is 0 Å². The van der Waals surface area contributed by atoms with E-state index in [1.165, 1.54) is 11.3 Å². The van der Waals surface area contributed by atoms with Crippen LogP contribution in [0.15, 0.2) is 41.9 Å². The number of hydrogen-bond donors (Lipinski definition) is 3. The van der Waals surface area contributed by atoms with Gasteiger partial charge in [0.1, 0.15) is 11.0 Å². The number of amides is 4. The fourth-order valence-corrected chi connectivity index (χ4v) is 8.40. The van der Waals surface area contributed by atoms with E-state index >= 15 is 0 Å². The molecule has 54 heavy (non-hydrogen) atoms. The maximum absolute atomic E-state index is 14.2. The van der Waals surface area contributed by atoms with Crippen molar-refractivity contribution in [2.45, 2.75) is 123 Å². The van der Waals surface area contributed by atoms with Crippen molar-refractivity contribution in [1.82, 2.24) is 30.7 Å². The topological polar surface area (TPSA) is 142 Å². The zero-order chi connectivity index (χ0) is 40.1. The van der Waals surface area contributed by atoms with Gasteiger partial charge in [0.25, 0.3) is 0 Å². The summed E-state index contributed by atoms with van der Waals surface area (Å²) in [7, 11) is 6.87. The molecule has 1 unspecified atom stereocenters. The van der Waals surface area contributed by atoms with Crippen molar-refractivity contribution in [3.8, 4) is 0 Å². The third-order valence-electron chi connectivity index (χ3n) is 10.9. The zero-order valence-electron chi connectivity index (χ0n) is 34.3. The van der Waals surface area contributed by atoms with Crippen molar-refractivity contribution < 1.29 is 28.7 Å². The first-order valence-electron chi connectivity index (χ1n) is 19.5. The van der Waals surface area contributed by atoms with Crippen LogP contribution in [-0.4, -0.2) is 110 Å². The first kappa shape index (κ1) is 45.0. The molecule has 0 spiro atoms. The van der Waals surface area contributed by atoms with E-state index in [2.05, 4.69) is 20.9 Å². The Bertz CT molecular complexity index is 1450. The Kier molecular flexibility index (Phi) is 18.0. The van der Waals surface area contributed by atoms with Crippen LogP contribution < -0.4 is 16.0 Å². The number of rotatable bonds is 21. The van der Waals surface area contributed by atoms with Crippen molar-refractivity contribution in [3.05, 3.63) is 52.5 Å².